The quantitative estimate of drug-likeness (QED) is 0.471. The van der Waals surface area contributed by atoms with Gasteiger partial charge in [-0.1, -0.05) is 18.2 Å². The lowest BCUT2D eigenvalue weighted by Gasteiger charge is -2.09. The number of nitrogens with zero attached hydrogens (tertiary/aromatic N) is 1. The number of anilines is 1. The Morgan fingerprint density at radius 3 is 2.68 bits per heavy atom. The summed E-state index contributed by atoms with van der Waals surface area (Å²) < 4.78 is 10.6. The summed E-state index contributed by atoms with van der Waals surface area (Å²) in [5, 5.41) is 13.5. The number of hydrogen-bond donors (Lipinski definition) is 1. The highest BCUT2D eigenvalue weighted by Crippen LogP contribution is 2.29. The first-order chi connectivity index (χ1) is 12.0. The molecule has 25 heavy (non-hydrogen) atoms. The van der Waals surface area contributed by atoms with Gasteiger partial charge in [-0.3, -0.25) is 14.9 Å². The molecule has 0 aliphatic heterocycles. The maximum Gasteiger partial charge on any atom is 0.271 e. The van der Waals surface area contributed by atoms with Crippen LogP contribution in [0.25, 0.3) is 6.08 Å². The first-order valence-electron chi connectivity index (χ1n) is 7.58. The number of non-ortho nitro benzene ring substituents is 1. The molecule has 0 spiro atoms. The fourth-order valence-corrected chi connectivity index (χ4v) is 2.15. The lowest BCUT2D eigenvalue weighted by Crippen LogP contribution is -2.09. The number of carbonyl (C=O) groups excluding carboxylic acids is 1. The normalized spacial score (nSPS) is 10.5. The standard InChI is InChI=1S/C18H18N2O5/c1-3-25-16-7-5-4-6-13(16)8-11-18(21)19-15-12-14(20(22)23)9-10-17(15)24-2/h4-12H,3H2,1-2H3,(H,19,21)/b11-8+. The molecule has 2 aromatic rings. The van der Waals surface area contributed by atoms with Crippen molar-refractivity contribution in [1.29, 1.82) is 0 Å². The molecule has 0 atom stereocenters. The van der Waals surface area contributed by atoms with Gasteiger partial charge < -0.3 is 14.8 Å². The Hall–Kier alpha value is -3.35. The van der Waals surface area contributed by atoms with Gasteiger partial charge in [0.1, 0.15) is 11.5 Å². The van der Waals surface area contributed by atoms with Crippen molar-refractivity contribution >= 4 is 23.4 Å². The van der Waals surface area contributed by atoms with E-state index in [0.29, 0.717) is 18.1 Å². The van der Waals surface area contributed by atoms with Crippen LogP contribution in [0.5, 0.6) is 11.5 Å². The second kappa shape index (κ2) is 8.49. The maximum atomic E-state index is 12.1. The summed E-state index contributed by atoms with van der Waals surface area (Å²) in [4.78, 5) is 22.5. The lowest BCUT2D eigenvalue weighted by molar-refractivity contribution is -0.384. The van der Waals surface area contributed by atoms with Crippen molar-refractivity contribution in [2.75, 3.05) is 19.0 Å². The summed E-state index contributed by atoms with van der Waals surface area (Å²) in [7, 11) is 1.42. The molecule has 0 fully saturated rings. The van der Waals surface area contributed by atoms with Crippen molar-refractivity contribution in [2.45, 2.75) is 6.92 Å². The van der Waals surface area contributed by atoms with Gasteiger partial charge in [0.15, 0.2) is 0 Å². The molecule has 0 aliphatic rings. The molecule has 2 aromatic carbocycles. The number of para-hydroxylation sites is 1. The number of carbonyl (C=O) groups is 1. The molecule has 1 N–H and O–H groups in total. The van der Waals surface area contributed by atoms with E-state index in [1.165, 1.54) is 31.4 Å². The summed E-state index contributed by atoms with van der Waals surface area (Å²) in [5.74, 6) is 0.564. The van der Waals surface area contributed by atoms with Gasteiger partial charge in [0.25, 0.3) is 5.69 Å². The third-order valence-electron chi connectivity index (χ3n) is 3.28. The Kier molecular flexibility index (Phi) is 6.11. The van der Waals surface area contributed by atoms with Crippen LogP contribution in [0.3, 0.4) is 0 Å². The van der Waals surface area contributed by atoms with Crippen molar-refractivity contribution in [3.05, 3.63) is 64.2 Å². The predicted octanol–water partition coefficient (Wildman–Crippen LogP) is 3.65. The SMILES string of the molecule is CCOc1ccccc1/C=C/C(=O)Nc1cc([N+](=O)[O-])ccc1OC. The summed E-state index contributed by atoms with van der Waals surface area (Å²) in [6.45, 7) is 2.39. The molecular weight excluding hydrogens is 324 g/mol. The van der Waals surface area contributed by atoms with Crippen LogP contribution in [0.1, 0.15) is 12.5 Å². The van der Waals surface area contributed by atoms with E-state index in [4.69, 9.17) is 9.47 Å². The Bertz CT molecular complexity index is 802. The molecule has 7 heteroatoms. The van der Waals surface area contributed by atoms with Crippen LogP contribution in [0, 0.1) is 10.1 Å². The fraction of sp³-hybridized carbons (Fsp3) is 0.167. The Morgan fingerprint density at radius 2 is 2.00 bits per heavy atom. The van der Waals surface area contributed by atoms with Crippen molar-refractivity contribution < 1.29 is 19.2 Å². The van der Waals surface area contributed by atoms with Crippen LogP contribution >= 0.6 is 0 Å². The minimum absolute atomic E-state index is 0.137. The van der Waals surface area contributed by atoms with E-state index >= 15 is 0 Å². The number of nitro groups is 1. The number of ether oxygens (including phenoxy) is 2. The Morgan fingerprint density at radius 1 is 1.24 bits per heavy atom. The van der Waals surface area contributed by atoms with Crippen LogP contribution in [-0.2, 0) is 4.79 Å². The number of hydrogen-bond acceptors (Lipinski definition) is 5. The second-order valence-electron chi connectivity index (χ2n) is 4.94. The van der Waals surface area contributed by atoms with E-state index in [9.17, 15) is 14.9 Å². The van der Waals surface area contributed by atoms with Crippen LogP contribution in [-0.4, -0.2) is 24.5 Å². The van der Waals surface area contributed by atoms with Crippen LogP contribution in [0.2, 0.25) is 0 Å². The summed E-state index contributed by atoms with van der Waals surface area (Å²) in [5.41, 5.74) is 0.844. The third-order valence-corrected chi connectivity index (χ3v) is 3.28. The number of nitrogens with one attached hydrogen (secondary N) is 1. The van der Waals surface area contributed by atoms with E-state index in [-0.39, 0.29) is 11.4 Å². The molecule has 0 unspecified atom stereocenters. The van der Waals surface area contributed by atoms with E-state index in [1.54, 1.807) is 6.08 Å². The number of rotatable bonds is 7. The van der Waals surface area contributed by atoms with Gasteiger partial charge in [0.2, 0.25) is 5.91 Å². The van der Waals surface area contributed by atoms with Gasteiger partial charge >= 0.3 is 0 Å². The monoisotopic (exact) mass is 342 g/mol. The molecule has 130 valence electrons. The summed E-state index contributed by atoms with van der Waals surface area (Å²) in [6.07, 6.45) is 2.94. The molecule has 0 radical (unpaired) electrons. The first kappa shape index (κ1) is 18.0. The number of amides is 1. The number of nitro benzene ring substituents is 1. The molecule has 0 heterocycles. The topological polar surface area (TPSA) is 90.7 Å². The van der Waals surface area contributed by atoms with Gasteiger partial charge in [-0.2, -0.15) is 0 Å². The summed E-state index contributed by atoms with van der Waals surface area (Å²) >= 11 is 0. The zero-order valence-electron chi connectivity index (χ0n) is 13.9. The number of benzene rings is 2. The molecule has 2 rings (SSSR count). The zero-order chi connectivity index (χ0) is 18.2. The molecule has 0 aromatic heterocycles. The van der Waals surface area contributed by atoms with Crippen LogP contribution in [0.4, 0.5) is 11.4 Å². The van der Waals surface area contributed by atoms with Crippen molar-refractivity contribution in [2.24, 2.45) is 0 Å². The Labute approximate surface area is 145 Å². The van der Waals surface area contributed by atoms with Crippen LogP contribution in [0.15, 0.2) is 48.5 Å². The largest absolute Gasteiger partial charge is 0.495 e. The van der Waals surface area contributed by atoms with E-state index in [2.05, 4.69) is 5.32 Å². The zero-order valence-corrected chi connectivity index (χ0v) is 13.9. The molecule has 0 aliphatic carbocycles. The highest BCUT2D eigenvalue weighted by Gasteiger charge is 2.12. The van der Waals surface area contributed by atoms with Crippen molar-refractivity contribution in [3.8, 4) is 11.5 Å². The summed E-state index contributed by atoms with van der Waals surface area (Å²) in [6, 6.07) is 11.3. The van der Waals surface area contributed by atoms with E-state index < -0.39 is 10.8 Å². The highest BCUT2D eigenvalue weighted by atomic mass is 16.6. The molecule has 0 saturated heterocycles. The molecule has 1 amide bonds. The minimum atomic E-state index is -0.538. The first-order valence-corrected chi connectivity index (χ1v) is 7.58. The van der Waals surface area contributed by atoms with E-state index in [1.807, 2.05) is 31.2 Å². The minimum Gasteiger partial charge on any atom is -0.495 e. The predicted molar refractivity (Wildman–Crippen MR) is 94.9 cm³/mol. The van der Waals surface area contributed by atoms with Crippen molar-refractivity contribution in [1.82, 2.24) is 0 Å². The van der Waals surface area contributed by atoms with E-state index in [0.717, 1.165) is 5.56 Å². The van der Waals surface area contributed by atoms with Crippen molar-refractivity contribution in [3.63, 3.8) is 0 Å². The molecule has 7 nitrogen and oxygen atoms in total. The maximum absolute atomic E-state index is 12.1. The van der Waals surface area contributed by atoms with Gasteiger partial charge in [0.05, 0.1) is 24.3 Å². The van der Waals surface area contributed by atoms with Gasteiger partial charge in [-0.25, -0.2) is 0 Å². The fourth-order valence-electron chi connectivity index (χ4n) is 2.15. The van der Waals surface area contributed by atoms with Gasteiger partial charge in [-0.15, -0.1) is 0 Å². The molecule has 0 bridgehead atoms. The second-order valence-corrected chi connectivity index (χ2v) is 4.94. The smallest absolute Gasteiger partial charge is 0.271 e. The molecule has 0 saturated carbocycles. The van der Waals surface area contributed by atoms with Gasteiger partial charge in [0, 0.05) is 23.8 Å². The average Bonchev–Trinajstić information content (AvgIpc) is 2.61. The molecular formula is C18H18N2O5. The highest BCUT2D eigenvalue weighted by molar-refractivity contribution is 6.03. The van der Waals surface area contributed by atoms with Crippen LogP contribution < -0.4 is 14.8 Å². The third kappa shape index (κ3) is 4.81. The van der Waals surface area contributed by atoms with Gasteiger partial charge in [-0.05, 0) is 25.1 Å². The average molecular weight is 342 g/mol. The lowest BCUT2D eigenvalue weighted by atomic mass is 10.2. The Balaban J connectivity index is 2.17. The number of methoxy groups -OCH3 is 1.